The number of nitrogens with zero attached hydrogens (tertiary/aromatic N) is 1. The number of nitrogens with one attached hydrogen (secondary N) is 1. The Morgan fingerprint density at radius 1 is 1.11 bits per heavy atom. The summed E-state index contributed by atoms with van der Waals surface area (Å²) in [5, 5.41) is 2.97. The predicted octanol–water partition coefficient (Wildman–Crippen LogP) is 5.32. The summed E-state index contributed by atoms with van der Waals surface area (Å²) < 4.78 is 0. The van der Waals surface area contributed by atoms with E-state index in [2.05, 4.69) is 39.1 Å². The van der Waals surface area contributed by atoms with E-state index < -0.39 is 0 Å². The number of amides is 2. The largest absolute Gasteiger partial charge is 0.326 e. The lowest BCUT2D eigenvalue weighted by Crippen LogP contribution is -2.29. The van der Waals surface area contributed by atoms with Crippen molar-refractivity contribution in [2.45, 2.75) is 52.4 Å². The number of para-hydroxylation sites is 1. The topological polar surface area (TPSA) is 49.4 Å². The highest BCUT2D eigenvalue weighted by molar-refractivity contribution is 6.03. The summed E-state index contributed by atoms with van der Waals surface area (Å²) in [6, 6.07) is 16.0. The zero-order chi connectivity index (χ0) is 20.3. The van der Waals surface area contributed by atoms with E-state index in [9.17, 15) is 9.59 Å². The maximum absolute atomic E-state index is 12.7. The van der Waals surface area contributed by atoms with Gasteiger partial charge >= 0.3 is 0 Å². The van der Waals surface area contributed by atoms with Gasteiger partial charge in [0.2, 0.25) is 11.8 Å². The first kappa shape index (κ1) is 20.1. The summed E-state index contributed by atoms with van der Waals surface area (Å²) in [4.78, 5) is 27.2. The molecule has 0 aromatic heterocycles. The SMILES string of the molecule is CC[C@@H](C)c1ccccc1N1C[C@H](C(=O)Nc2ccc(C(C)C)cc2)CC1=O. The number of benzene rings is 2. The third-order valence-electron chi connectivity index (χ3n) is 5.71. The van der Waals surface area contributed by atoms with Gasteiger partial charge in [-0.05, 0) is 47.6 Å². The van der Waals surface area contributed by atoms with Gasteiger partial charge in [-0.15, -0.1) is 0 Å². The fraction of sp³-hybridized carbons (Fsp3) is 0.417. The molecule has 3 rings (SSSR count). The summed E-state index contributed by atoms with van der Waals surface area (Å²) in [7, 11) is 0. The number of rotatable bonds is 6. The number of carbonyl (C=O) groups excluding carboxylic acids is 2. The molecule has 2 atom stereocenters. The summed E-state index contributed by atoms with van der Waals surface area (Å²) >= 11 is 0. The Labute approximate surface area is 167 Å². The van der Waals surface area contributed by atoms with E-state index in [0.717, 1.165) is 17.8 Å². The van der Waals surface area contributed by atoms with Gasteiger partial charge in [0.15, 0.2) is 0 Å². The van der Waals surface area contributed by atoms with Crippen LogP contribution in [0, 0.1) is 5.92 Å². The normalized spacial score (nSPS) is 17.8. The van der Waals surface area contributed by atoms with Crippen molar-refractivity contribution in [1.29, 1.82) is 0 Å². The van der Waals surface area contributed by atoms with Crippen molar-refractivity contribution in [3.8, 4) is 0 Å². The number of hydrogen-bond acceptors (Lipinski definition) is 2. The fourth-order valence-corrected chi connectivity index (χ4v) is 3.68. The third-order valence-corrected chi connectivity index (χ3v) is 5.71. The predicted molar refractivity (Wildman–Crippen MR) is 115 cm³/mol. The molecule has 2 aromatic rings. The number of hydrogen-bond donors (Lipinski definition) is 1. The van der Waals surface area contributed by atoms with Crippen LogP contribution in [0.3, 0.4) is 0 Å². The van der Waals surface area contributed by atoms with Crippen molar-refractivity contribution < 1.29 is 9.59 Å². The summed E-state index contributed by atoms with van der Waals surface area (Å²) in [5.41, 5.74) is 4.13. The molecule has 1 saturated heterocycles. The Bertz CT molecular complexity index is 842. The molecule has 2 amide bonds. The Kier molecular flexibility index (Phi) is 6.18. The molecule has 28 heavy (non-hydrogen) atoms. The lowest BCUT2D eigenvalue weighted by Gasteiger charge is -2.23. The lowest BCUT2D eigenvalue weighted by molar-refractivity contribution is -0.122. The maximum atomic E-state index is 12.7. The lowest BCUT2D eigenvalue weighted by atomic mass is 9.96. The third kappa shape index (κ3) is 4.27. The minimum absolute atomic E-state index is 0.0195. The fourth-order valence-electron chi connectivity index (χ4n) is 3.68. The van der Waals surface area contributed by atoms with E-state index in [4.69, 9.17) is 0 Å². The molecule has 2 aromatic carbocycles. The van der Waals surface area contributed by atoms with Crippen molar-refractivity contribution >= 4 is 23.2 Å². The van der Waals surface area contributed by atoms with Crippen LogP contribution in [0.25, 0.3) is 0 Å². The van der Waals surface area contributed by atoms with Crippen LogP contribution in [-0.4, -0.2) is 18.4 Å². The Hall–Kier alpha value is -2.62. The smallest absolute Gasteiger partial charge is 0.229 e. The molecule has 1 heterocycles. The highest BCUT2D eigenvalue weighted by atomic mass is 16.2. The number of carbonyl (C=O) groups is 2. The average molecular weight is 379 g/mol. The molecular weight excluding hydrogens is 348 g/mol. The second-order valence-corrected chi connectivity index (χ2v) is 8.04. The summed E-state index contributed by atoms with van der Waals surface area (Å²) in [6.07, 6.45) is 1.26. The molecule has 1 N–H and O–H groups in total. The first-order chi connectivity index (χ1) is 13.4. The van der Waals surface area contributed by atoms with Crippen molar-refractivity contribution in [1.82, 2.24) is 0 Å². The molecule has 1 aliphatic heterocycles. The Morgan fingerprint density at radius 3 is 2.43 bits per heavy atom. The van der Waals surface area contributed by atoms with Gasteiger partial charge in [0.25, 0.3) is 0 Å². The molecule has 148 valence electrons. The second kappa shape index (κ2) is 8.59. The van der Waals surface area contributed by atoms with Crippen LogP contribution in [0.4, 0.5) is 11.4 Å². The van der Waals surface area contributed by atoms with Crippen molar-refractivity contribution in [2.75, 3.05) is 16.8 Å². The zero-order valence-electron chi connectivity index (χ0n) is 17.2. The Morgan fingerprint density at radius 2 is 1.79 bits per heavy atom. The molecule has 0 saturated carbocycles. The molecule has 0 radical (unpaired) electrons. The minimum Gasteiger partial charge on any atom is -0.326 e. The van der Waals surface area contributed by atoms with Crippen LogP contribution in [0.1, 0.15) is 63.5 Å². The zero-order valence-corrected chi connectivity index (χ0v) is 17.2. The molecule has 0 aliphatic carbocycles. The minimum atomic E-state index is -0.331. The van der Waals surface area contributed by atoms with Crippen LogP contribution in [0.5, 0.6) is 0 Å². The maximum Gasteiger partial charge on any atom is 0.229 e. The van der Waals surface area contributed by atoms with E-state index in [0.29, 0.717) is 18.4 Å². The van der Waals surface area contributed by atoms with Gasteiger partial charge in [0.1, 0.15) is 0 Å². The standard InChI is InChI=1S/C24H30N2O2/c1-5-17(4)21-8-6-7-9-22(21)26-15-19(14-23(26)27)24(28)25-20-12-10-18(11-13-20)16(2)3/h6-13,16-17,19H,5,14-15H2,1-4H3,(H,25,28)/t17-,19-/m1/s1. The summed E-state index contributed by atoms with van der Waals surface area (Å²) in [6.45, 7) is 9.04. The van der Waals surface area contributed by atoms with E-state index in [-0.39, 0.29) is 24.2 Å². The molecule has 4 nitrogen and oxygen atoms in total. The van der Waals surface area contributed by atoms with Crippen LogP contribution in [-0.2, 0) is 9.59 Å². The van der Waals surface area contributed by atoms with Gasteiger partial charge < -0.3 is 10.2 Å². The molecule has 1 aliphatic rings. The molecule has 4 heteroatoms. The first-order valence-corrected chi connectivity index (χ1v) is 10.2. The highest BCUT2D eigenvalue weighted by Crippen LogP contribution is 2.33. The van der Waals surface area contributed by atoms with Gasteiger partial charge in [-0.25, -0.2) is 0 Å². The molecule has 1 fully saturated rings. The molecule has 0 unspecified atom stereocenters. The van der Waals surface area contributed by atoms with Crippen molar-refractivity contribution in [3.63, 3.8) is 0 Å². The van der Waals surface area contributed by atoms with Crippen molar-refractivity contribution in [2.24, 2.45) is 5.92 Å². The summed E-state index contributed by atoms with van der Waals surface area (Å²) in [5.74, 6) is 0.426. The van der Waals surface area contributed by atoms with Gasteiger partial charge in [0.05, 0.1) is 5.92 Å². The van der Waals surface area contributed by atoms with E-state index in [1.165, 1.54) is 11.1 Å². The van der Waals surface area contributed by atoms with E-state index in [1.807, 2.05) is 42.5 Å². The van der Waals surface area contributed by atoms with Gasteiger partial charge in [-0.3, -0.25) is 9.59 Å². The monoisotopic (exact) mass is 378 g/mol. The van der Waals surface area contributed by atoms with Gasteiger partial charge in [-0.2, -0.15) is 0 Å². The number of anilines is 2. The van der Waals surface area contributed by atoms with Gasteiger partial charge in [0, 0.05) is 24.3 Å². The van der Waals surface area contributed by atoms with Crippen LogP contribution < -0.4 is 10.2 Å². The first-order valence-electron chi connectivity index (χ1n) is 10.2. The van der Waals surface area contributed by atoms with Crippen LogP contribution >= 0.6 is 0 Å². The average Bonchev–Trinajstić information content (AvgIpc) is 3.09. The molecule has 0 bridgehead atoms. The second-order valence-electron chi connectivity index (χ2n) is 8.04. The van der Waals surface area contributed by atoms with Crippen molar-refractivity contribution in [3.05, 3.63) is 59.7 Å². The van der Waals surface area contributed by atoms with Gasteiger partial charge in [-0.1, -0.05) is 58.0 Å². The van der Waals surface area contributed by atoms with Crippen LogP contribution in [0.15, 0.2) is 48.5 Å². The Balaban J connectivity index is 1.71. The quantitative estimate of drug-likeness (QED) is 0.740. The van der Waals surface area contributed by atoms with E-state index in [1.54, 1.807) is 4.90 Å². The van der Waals surface area contributed by atoms with Crippen LogP contribution in [0.2, 0.25) is 0 Å². The molecular formula is C24H30N2O2. The van der Waals surface area contributed by atoms with E-state index >= 15 is 0 Å². The highest BCUT2D eigenvalue weighted by Gasteiger charge is 2.36. The molecule has 0 spiro atoms.